The topological polar surface area (TPSA) is 51.1 Å². The van der Waals surface area contributed by atoms with Crippen molar-refractivity contribution in [3.63, 3.8) is 0 Å². The van der Waals surface area contributed by atoms with E-state index in [-0.39, 0.29) is 4.90 Å². The average Bonchev–Trinajstić information content (AvgIpc) is 2.89. The van der Waals surface area contributed by atoms with Gasteiger partial charge in [0.1, 0.15) is 0 Å². The minimum Gasteiger partial charge on any atom is -0.253 e. The Morgan fingerprint density at radius 1 is 0.864 bits per heavy atom. The molecule has 3 rings (SSSR count). The maximum atomic E-state index is 12.5. The molecule has 1 heterocycles. The second-order valence-electron chi connectivity index (χ2n) is 4.99. The first-order valence-electron chi connectivity index (χ1n) is 6.89. The summed E-state index contributed by atoms with van der Waals surface area (Å²) in [6, 6.07) is 19.9. The molecule has 0 saturated carbocycles. The van der Waals surface area contributed by atoms with Crippen molar-refractivity contribution < 1.29 is 8.42 Å². The Morgan fingerprint density at radius 2 is 1.45 bits per heavy atom. The number of hydrogen-bond acceptors (Lipinski definition) is 2. The summed E-state index contributed by atoms with van der Waals surface area (Å²) >= 11 is 0. The van der Waals surface area contributed by atoms with Crippen LogP contribution in [-0.2, 0) is 10.0 Å². The van der Waals surface area contributed by atoms with E-state index in [0.29, 0.717) is 0 Å². The first-order valence-corrected chi connectivity index (χ1v) is 8.37. The molecule has 0 atom stereocenters. The predicted molar refractivity (Wildman–Crippen MR) is 87.6 cm³/mol. The molecule has 0 amide bonds. The molecule has 3 aromatic rings. The predicted octanol–water partition coefficient (Wildman–Crippen LogP) is 3.40. The largest absolute Gasteiger partial charge is 0.275 e. The zero-order chi connectivity index (χ0) is 15.6. The van der Waals surface area contributed by atoms with Crippen LogP contribution >= 0.6 is 0 Å². The maximum Gasteiger partial charge on any atom is 0.275 e. The Morgan fingerprint density at radius 3 is 2.09 bits per heavy atom. The summed E-state index contributed by atoms with van der Waals surface area (Å²) in [5, 5.41) is 0. The quantitative estimate of drug-likeness (QED) is 0.803. The van der Waals surface area contributed by atoms with Crippen LogP contribution in [0.1, 0.15) is 5.56 Å². The summed E-state index contributed by atoms with van der Waals surface area (Å²) < 4.78 is 26.5. The Labute approximate surface area is 130 Å². The first-order chi connectivity index (χ1) is 10.6. The van der Waals surface area contributed by atoms with Gasteiger partial charge in [0.15, 0.2) is 0 Å². The number of aryl methyl sites for hydroxylation is 1. The number of benzene rings is 2. The highest BCUT2D eigenvalue weighted by Crippen LogP contribution is 2.24. The van der Waals surface area contributed by atoms with Crippen LogP contribution in [0.2, 0.25) is 0 Å². The van der Waals surface area contributed by atoms with E-state index in [1.165, 1.54) is 0 Å². The fourth-order valence-corrected chi connectivity index (χ4v) is 3.38. The molecule has 0 spiro atoms. The highest BCUT2D eigenvalue weighted by molar-refractivity contribution is 7.92. The number of aromatic nitrogens is 1. The number of sulfonamides is 1. The van der Waals surface area contributed by atoms with Gasteiger partial charge in [0, 0.05) is 11.8 Å². The molecule has 0 aliphatic carbocycles. The molecule has 0 unspecified atom stereocenters. The van der Waals surface area contributed by atoms with Crippen molar-refractivity contribution in [1.29, 1.82) is 0 Å². The zero-order valence-electron chi connectivity index (χ0n) is 12.1. The van der Waals surface area contributed by atoms with Gasteiger partial charge in [0.05, 0.1) is 10.6 Å². The highest BCUT2D eigenvalue weighted by atomic mass is 32.2. The van der Waals surface area contributed by atoms with Crippen molar-refractivity contribution >= 4 is 10.0 Å². The van der Waals surface area contributed by atoms with Crippen molar-refractivity contribution in [3.05, 3.63) is 78.5 Å². The molecule has 5 heteroatoms. The summed E-state index contributed by atoms with van der Waals surface area (Å²) in [7, 11) is -3.62. The van der Waals surface area contributed by atoms with Crippen LogP contribution in [0.15, 0.2) is 77.8 Å². The van der Waals surface area contributed by atoms with Crippen LogP contribution in [0.3, 0.4) is 0 Å². The SMILES string of the molecule is Cc1ccn(NS(=O)(=O)c2ccccc2)c1-c1ccccc1. The van der Waals surface area contributed by atoms with E-state index >= 15 is 0 Å². The van der Waals surface area contributed by atoms with Gasteiger partial charge in [0.25, 0.3) is 10.0 Å². The van der Waals surface area contributed by atoms with E-state index in [1.54, 1.807) is 41.2 Å². The van der Waals surface area contributed by atoms with Crippen LogP contribution in [0.5, 0.6) is 0 Å². The lowest BCUT2D eigenvalue weighted by molar-refractivity contribution is 0.595. The molecule has 1 aromatic heterocycles. The molecule has 2 aromatic carbocycles. The highest BCUT2D eigenvalue weighted by Gasteiger charge is 2.16. The summed E-state index contributed by atoms with van der Waals surface area (Å²) in [6.45, 7) is 1.95. The molecule has 0 fully saturated rings. The van der Waals surface area contributed by atoms with Crippen LogP contribution in [0, 0.1) is 6.92 Å². The van der Waals surface area contributed by atoms with Gasteiger partial charge in [-0.1, -0.05) is 48.5 Å². The van der Waals surface area contributed by atoms with Gasteiger partial charge in [-0.25, -0.2) is 4.83 Å². The maximum absolute atomic E-state index is 12.5. The van der Waals surface area contributed by atoms with E-state index in [2.05, 4.69) is 4.83 Å². The van der Waals surface area contributed by atoms with Gasteiger partial charge in [-0.3, -0.25) is 4.68 Å². The summed E-state index contributed by atoms with van der Waals surface area (Å²) in [5.74, 6) is 0. The average molecular weight is 312 g/mol. The fraction of sp³-hybridized carbons (Fsp3) is 0.0588. The third kappa shape index (κ3) is 2.76. The minimum absolute atomic E-state index is 0.236. The van der Waals surface area contributed by atoms with Gasteiger partial charge >= 0.3 is 0 Å². The van der Waals surface area contributed by atoms with Crippen molar-refractivity contribution in [2.75, 3.05) is 4.83 Å². The third-order valence-corrected chi connectivity index (χ3v) is 4.74. The molecule has 1 N–H and O–H groups in total. The lowest BCUT2D eigenvalue weighted by Gasteiger charge is -2.13. The van der Waals surface area contributed by atoms with Gasteiger partial charge < -0.3 is 0 Å². The van der Waals surface area contributed by atoms with Crippen LogP contribution in [0.25, 0.3) is 11.3 Å². The second kappa shape index (κ2) is 5.69. The van der Waals surface area contributed by atoms with Crippen LogP contribution in [-0.4, -0.2) is 13.1 Å². The number of nitrogens with zero attached hydrogens (tertiary/aromatic N) is 1. The lowest BCUT2D eigenvalue weighted by atomic mass is 10.1. The normalized spacial score (nSPS) is 11.3. The van der Waals surface area contributed by atoms with Crippen LogP contribution < -0.4 is 4.83 Å². The molecule has 0 aliphatic heterocycles. The third-order valence-electron chi connectivity index (χ3n) is 3.41. The van der Waals surface area contributed by atoms with Crippen LogP contribution in [0.4, 0.5) is 0 Å². The molecule has 0 aliphatic rings. The van der Waals surface area contributed by atoms with Crippen molar-refractivity contribution in [2.24, 2.45) is 0 Å². The van der Waals surface area contributed by atoms with Gasteiger partial charge in [-0.15, -0.1) is 0 Å². The summed E-state index contributed by atoms with van der Waals surface area (Å²) in [6.07, 6.45) is 1.72. The number of nitrogens with one attached hydrogen (secondary N) is 1. The fourth-order valence-electron chi connectivity index (χ4n) is 2.35. The minimum atomic E-state index is -3.62. The first kappa shape index (κ1) is 14.4. The van der Waals surface area contributed by atoms with Crippen molar-refractivity contribution in [2.45, 2.75) is 11.8 Å². The molecule has 0 bridgehead atoms. The molecular formula is C17H16N2O2S. The second-order valence-corrected chi connectivity index (χ2v) is 6.65. The van der Waals surface area contributed by atoms with E-state index in [0.717, 1.165) is 16.8 Å². The van der Waals surface area contributed by atoms with Gasteiger partial charge in [0.2, 0.25) is 0 Å². The zero-order valence-corrected chi connectivity index (χ0v) is 12.9. The standard InChI is InChI=1S/C17H16N2O2S/c1-14-12-13-19(17(14)15-8-4-2-5-9-15)18-22(20,21)16-10-6-3-7-11-16/h2-13,18H,1H3. The monoisotopic (exact) mass is 312 g/mol. The van der Waals surface area contributed by atoms with E-state index < -0.39 is 10.0 Å². The summed E-state index contributed by atoms with van der Waals surface area (Å²) in [5.41, 5.74) is 2.79. The van der Waals surface area contributed by atoms with E-state index in [4.69, 9.17) is 0 Å². The Hall–Kier alpha value is -2.53. The lowest BCUT2D eigenvalue weighted by Crippen LogP contribution is -2.23. The summed E-state index contributed by atoms with van der Waals surface area (Å²) in [4.78, 5) is 2.85. The Kier molecular flexibility index (Phi) is 3.73. The van der Waals surface area contributed by atoms with Crippen molar-refractivity contribution in [3.8, 4) is 11.3 Å². The molecular weight excluding hydrogens is 296 g/mol. The molecule has 0 radical (unpaired) electrons. The number of rotatable bonds is 4. The van der Waals surface area contributed by atoms with E-state index in [1.807, 2.05) is 43.3 Å². The van der Waals surface area contributed by atoms with Gasteiger partial charge in [-0.05, 0) is 30.7 Å². The Balaban J connectivity index is 2.01. The molecule has 0 saturated heterocycles. The molecule has 112 valence electrons. The Bertz CT molecular complexity index is 870. The number of hydrogen-bond donors (Lipinski definition) is 1. The van der Waals surface area contributed by atoms with Crippen molar-refractivity contribution in [1.82, 2.24) is 4.68 Å². The molecule has 22 heavy (non-hydrogen) atoms. The van der Waals surface area contributed by atoms with E-state index in [9.17, 15) is 8.42 Å². The smallest absolute Gasteiger partial charge is 0.253 e. The van der Waals surface area contributed by atoms with Gasteiger partial charge in [-0.2, -0.15) is 8.42 Å². The molecule has 4 nitrogen and oxygen atoms in total.